The fourth-order valence-corrected chi connectivity index (χ4v) is 2.70. The first-order valence-electron chi connectivity index (χ1n) is 8.71. The number of aromatic nitrogens is 2. The van der Waals surface area contributed by atoms with Crippen LogP contribution in [0, 0.1) is 12.7 Å². The summed E-state index contributed by atoms with van der Waals surface area (Å²) in [6.45, 7) is 5.94. The lowest BCUT2D eigenvalue weighted by molar-refractivity contribution is 0.102. The third kappa shape index (κ3) is 4.67. The number of amides is 1. The summed E-state index contributed by atoms with van der Waals surface area (Å²) < 4.78 is 13.0. The number of nitrogens with one attached hydrogen (secondary N) is 2. The number of benzene rings is 2. The molecule has 0 spiro atoms. The van der Waals surface area contributed by atoms with Crippen LogP contribution in [-0.4, -0.2) is 15.9 Å². The van der Waals surface area contributed by atoms with Crippen molar-refractivity contribution in [1.82, 2.24) is 9.97 Å². The van der Waals surface area contributed by atoms with Crippen molar-refractivity contribution in [2.45, 2.75) is 26.7 Å². The minimum absolute atomic E-state index is 0.255. The van der Waals surface area contributed by atoms with E-state index in [1.807, 2.05) is 24.3 Å². The monoisotopic (exact) mass is 364 g/mol. The molecule has 0 bridgehead atoms. The first kappa shape index (κ1) is 18.5. The molecule has 3 aromatic rings. The number of aryl methyl sites for hydroxylation is 1. The summed E-state index contributed by atoms with van der Waals surface area (Å²) in [5.74, 6) is -0.0707. The van der Waals surface area contributed by atoms with Crippen LogP contribution in [0.4, 0.5) is 21.7 Å². The van der Waals surface area contributed by atoms with Crippen LogP contribution in [0.2, 0.25) is 0 Å². The van der Waals surface area contributed by atoms with Crippen molar-refractivity contribution in [3.63, 3.8) is 0 Å². The zero-order valence-corrected chi connectivity index (χ0v) is 15.5. The maximum Gasteiger partial charge on any atom is 0.274 e. The van der Waals surface area contributed by atoms with Gasteiger partial charge in [-0.3, -0.25) is 4.79 Å². The van der Waals surface area contributed by atoms with Crippen LogP contribution in [-0.2, 0) is 0 Å². The van der Waals surface area contributed by atoms with Gasteiger partial charge in [-0.05, 0) is 54.8 Å². The van der Waals surface area contributed by atoms with Crippen LogP contribution in [0.3, 0.4) is 0 Å². The van der Waals surface area contributed by atoms with Gasteiger partial charge in [-0.2, -0.15) is 0 Å². The third-order valence-electron chi connectivity index (χ3n) is 4.02. The predicted molar refractivity (Wildman–Crippen MR) is 105 cm³/mol. The molecule has 0 aliphatic heterocycles. The van der Waals surface area contributed by atoms with Crippen LogP contribution < -0.4 is 10.6 Å². The van der Waals surface area contributed by atoms with E-state index in [4.69, 9.17) is 0 Å². The molecule has 0 fully saturated rings. The van der Waals surface area contributed by atoms with Crippen molar-refractivity contribution < 1.29 is 9.18 Å². The van der Waals surface area contributed by atoms with Gasteiger partial charge < -0.3 is 10.6 Å². The topological polar surface area (TPSA) is 66.9 Å². The van der Waals surface area contributed by atoms with Gasteiger partial charge in [0.2, 0.25) is 5.95 Å². The van der Waals surface area contributed by atoms with Gasteiger partial charge in [0.05, 0.1) is 0 Å². The molecule has 1 amide bonds. The Morgan fingerprint density at radius 3 is 2.44 bits per heavy atom. The number of hydrogen-bond acceptors (Lipinski definition) is 4. The molecular formula is C21H21FN4O. The molecule has 138 valence electrons. The highest BCUT2D eigenvalue weighted by Crippen LogP contribution is 2.24. The van der Waals surface area contributed by atoms with E-state index in [0.717, 1.165) is 11.3 Å². The van der Waals surface area contributed by atoms with Crippen molar-refractivity contribution in [3.05, 3.63) is 77.4 Å². The van der Waals surface area contributed by atoms with E-state index >= 15 is 0 Å². The van der Waals surface area contributed by atoms with Gasteiger partial charge in [0, 0.05) is 17.1 Å². The quantitative estimate of drug-likeness (QED) is 0.665. The number of nitrogens with zero attached hydrogens (tertiary/aromatic N) is 2. The predicted octanol–water partition coefficient (Wildman–Crippen LogP) is 5.04. The summed E-state index contributed by atoms with van der Waals surface area (Å²) in [5.41, 5.74) is 3.36. The smallest absolute Gasteiger partial charge is 0.274 e. The van der Waals surface area contributed by atoms with Crippen LogP contribution >= 0.6 is 0 Å². The average Bonchev–Trinajstić information content (AvgIpc) is 2.63. The third-order valence-corrected chi connectivity index (χ3v) is 4.02. The molecule has 0 unspecified atom stereocenters. The van der Waals surface area contributed by atoms with E-state index in [2.05, 4.69) is 34.4 Å². The molecule has 1 heterocycles. The van der Waals surface area contributed by atoms with Gasteiger partial charge in [0.1, 0.15) is 11.5 Å². The number of hydrogen-bond donors (Lipinski definition) is 2. The van der Waals surface area contributed by atoms with E-state index < -0.39 is 0 Å². The molecule has 1 aromatic heterocycles. The SMILES string of the molecule is Cc1cc(C(=O)Nc2ccccc2C(C)C)nc(Nc2ccc(F)cc2)n1. The summed E-state index contributed by atoms with van der Waals surface area (Å²) in [4.78, 5) is 21.3. The summed E-state index contributed by atoms with van der Waals surface area (Å²) in [6.07, 6.45) is 0. The summed E-state index contributed by atoms with van der Waals surface area (Å²) in [7, 11) is 0. The molecule has 27 heavy (non-hydrogen) atoms. The molecule has 5 nitrogen and oxygen atoms in total. The number of halogens is 1. The zero-order valence-electron chi connectivity index (χ0n) is 15.5. The Labute approximate surface area is 157 Å². The highest BCUT2D eigenvalue weighted by Gasteiger charge is 2.14. The van der Waals surface area contributed by atoms with Gasteiger partial charge in [0.25, 0.3) is 5.91 Å². The highest BCUT2D eigenvalue weighted by atomic mass is 19.1. The highest BCUT2D eigenvalue weighted by molar-refractivity contribution is 6.03. The lowest BCUT2D eigenvalue weighted by Crippen LogP contribution is -2.16. The number of anilines is 3. The molecule has 0 atom stereocenters. The molecule has 3 rings (SSSR count). The van der Waals surface area contributed by atoms with Gasteiger partial charge in [-0.25, -0.2) is 14.4 Å². The van der Waals surface area contributed by atoms with E-state index in [0.29, 0.717) is 11.4 Å². The Morgan fingerprint density at radius 2 is 1.74 bits per heavy atom. The van der Waals surface area contributed by atoms with E-state index in [1.54, 1.807) is 25.1 Å². The second kappa shape index (κ2) is 7.95. The lowest BCUT2D eigenvalue weighted by Gasteiger charge is -2.14. The van der Waals surface area contributed by atoms with Crippen molar-refractivity contribution in [3.8, 4) is 0 Å². The molecule has 0 saturated heterocycles. The van der Waals surface area contributed by atoms with Crippen molar-refractivity contribution in [1.29, 1.82) is 0 Å². The molecule has 2 aromatic carbocycles. The van der Waals surface area contributed by atoms with Crippen LogP contribution in [0.1, 0.15) is 41.5 Å². The Kier molecular flexibility index (Phi) is 5.45. The maximum atomic E-state index is 13.0. The van der Waals surface area contributed by atoms with Crippen LogP contribution in [0.15, 0.2) is 54.6 Å². The summed E-state index contributed by atoms with van der Waals surface area (Å²) in [6, 6.07) is 15.2. The average molecular weight is 364 g/mol. The van der Waals surface area contributed by atoms with E-state index in [1.165, 1.54) is 12.1 Å². The largest absolute Gasteiger partial charge is 0.324 e. The van der Waals surface area contributed by atoms with Crippen molar-refractivity contribution in [2.24, 2.45) is 0 Å². The molecule has 0 radical (unpaired) electrons. The van der Waals surface area contributed by atoms with E-state index in [9.17, 15) is 9.18 Å². The van der Waals surface area contributed by atoms with Crippen LogP contribution in [0.25, 0.3) is 0 Å². The number of para-hydroxylation sites is 1. The molecule has 0 saturated carbocycles. The Balaban J connectivity index is 1.83. The van der Waals surface area contributed by atoms with Gasteiger partial charge >= 0.3 is 0 Å². The summed E-state index contributed by atoms with van der Waals surface area (Å²) >= 11 is 0. The number of rotatable bonds is 5. The second-order valence-corrected chi connectivity index (χ2v) is 6.55. The number of carbonyl (C=O) groups excluding carboxylic acids is 1. The van der Waals surface area contributed by atoms with E-state index in [-0.39, 0.29) is 29.3 Å². The zero-order chi connectivity index (χ0) is 19.4. The van der Waals surface area contributed by atoms with Gasteiger partial charge in [-0.15, -0.1) is 0 Å². The molecule has 0 aliphatic carbocycles. The lowest BCUT2D eigenvalue weighted by atomic mass is 10.0. The molecule has 6 heteroatoms. The van der Waals surface area contributed by atoms with Gasteiger partial charge in [-0.1, -0.05) is 32.0 Å². The Bertz CT molecular complexity index is 955. The second-order valence-electron chi connectivity index (χ2n) is 6.55. The minimum atomic E-state index is -0.324. The van der Waals surface area contributed by atoms with Crippen molar-refractivity contribution in [2.75, 3.05) is 10.6 Å². The molecule has 2 N–H and O–H groups in total. The molecule has 0 aliphatic rings. The first-order valence-corrected chi connectivity index (χ1v) is 8.71. The Morgan fingerprint density at radius 1 is 1.04 bits per heavy atom. The fourth-order valence-electron chi connectivity index (χ4n) is 2.70. The van der Waals surface area contributed by atoms with Crippen molar-refractivity contribution >= 4 is 23.2 Å². The van der Waals surface area contributed by atoms with Gasteiger partial charge in [0.15, 0.2) is 0 Å². The standard InChI is InChI=1S/C21H21FN4O/c1-13(2)17-6-4-5-7-18(17)25-20(27)19-12-14(3)23-21(26-19)24-16-10-8-15(22)9-11-16/h4-13H,1-3H3,(H,25,27)(H,23,24,26). The van der Waals surface area contributed by atoms with Crippen LogP contribution in [0.5, 0.6) is 0 Å². The molecular weight excluding hydrogens is 343 g/mol. The maximum absolute atomic E-state index is 13.0. The number of carbonyl (C=O) groups is 1. The first-order chi connectivity index (χ1) is 12.9. The fraction of sp³-hybridized carbons (Fsp3) is 0.190. The Hall–Kier alpha value is -3.28. The minimum Gasteiger partial charge on any atom is -0.324 e. The summed E-state index contributed by atoms with van der Waals surface area (Å²) in [5, 5.41) is 5.92. The normalized spacial score (nSPS) is 10.7.